The van der Waals surface area contributed by atoms with E-state index in [1.807, 2.05) is 0 Å². The smallest absolute Gasteiger partial charge is 0.243 e. The number of carbonyl (C=O) groups is 1. The molecule has 0 unspecified atom stereocenters. The highest BCUT2D eigenvalue weighted by Crippen LogP contribution is 2.30. The summed E-state index contributed by atoms with van der Waals surface area (Å²) in [5, 5.41) is 2.71. The zero-order valence-electron chi connectivity index (χ0n) is 17.5. The van der Waals surface area contributed by atoms with Crippen molar-refractivity contribution in [1.82, 2.24) is 4.31 Å². The number of anilines is 1. The van der Waals surface area contributed by atoms with Gasteiger partial charge in [-0.15, -0.1) is 0 Å². The highest BCUT2D eigenvalue weighted by molar-refractivity contribution is 7.89. The number of halogens is 1. The molecule has 0 aliphatic carbocycles. The van der Waals surface area contributed by atoms with Crippen molar-refractivity contribution in [3.8, 4) is 11.5 Å². The number of benzene rings is 2. The van der Waals surface area contributed by atoms with Gasteiger partial charge in [-0.1, -0.05) is 12.5 Å². The molecular weight excluding hydrogens is 423 g/mol. The summed E-state index contributed by atoms with van der Waals surface area (Å²) >= 11 is 0. The van der Waals surface area contributed by atoms with Crippen LogP contribution >= 0.6 is 0 Å². The molecule has 2 aromatic rings. The molecule has 0 radical (unpaired) electrons. The number of piperidine rings is 1. The first kappa shape index (κ1) is 23.0. The maximum absolute atomic E-state index is 13.2. The number of rotatable bonds is 9. The number of sulfonamides is 1. The predicted molar refractivity (Wildman–Crippen MR) is 115 cm³/mol. The summed E-state index contributed by atoms with van der Waals surface area (Å²) in [4.78, 5) is 12.5. The van der Waals surface area contributed by atoms with E-state index in [1.54, 1.807) is 19.1 Å². The van der Waals surface area contributed by atoms with Crippen LogP contribution in [0.1, 0.15) is 32.6 Å². The summed E-state index contributed by atoms with van der Waals surface area (Å²) in [7, 11) is -3.64. The van der Waals surface area contributed by atoms with Crippen molar-refractivity contribution in [3.63, 3.8) is 0 Å². The third kappa shape index (κ3) is 6.18. The van der Waals surface area contributed by atoms with E-state index in [9.17, 15) is 17.6 Å². The van der Waals surface area contributed by atoms with E-state index in [-0.39, 0.29) is 29.5 Å². The van der Waals surface area contributed by atoms with E-state index in [1.165, 1.54) is 34.6 Å². The van der Waals surface area contributed by atoms with Gasteiger partial charge in [0.2, 0.25) is 15.9 Å². The molecule has 0 atom stereocenters. The van der Waals surface area contributed by atoms with Crippen molar-refractivity contribution in [1.29, 1.82) is 0 Å². The lowest BCUT2D eigenvalue weighted by Gasteiger charge is -2.26. The van der Waals surface area contributed by atoms with Crippen LogP contribution < -0.4 is 14.8 Å². The largest absolute Gasteiger partial charge is 0.493 e. The van der Waals surface area contributed by atoms with Crippen LogP contribution in [-0.2, 0) is 14.8 Å². The highest BCUT2D eigenvalue weighted by Gasteiger charge is 2.27. The lowest BCUT2D eigenvalue weighted by molar-refractivity contribution is -0.116. The van der Waals surface area contributed by atoms with E-state index in [0.717, 1.165) is 19.3 Å². The summed E-state index contributed by atoms with van der Waals surface area (Å²) in [5.41, 5.74) is 0.288. The van der Waals surface area contributed by atoms with Gasteiger partial charge in [-0.2, -0.15) is 4.31 Å². The van der Waals surface area contributed by atoms with E-state index in [4.69, 9.17) is 9.47 Å². The second kappa shape index (κ2) is 10.6. The fraction of sp³-hybridized carbons (Fsp3) is 0.409. The van der Waals surface area contributed by atoms with Gasteiger partial charge in [0, 0.05) is 19.2 Å². The van der Waals surface area contributed by atoms with Gasteiger partial charge in [0.05, 0.1) is 30.2 Å². The number of ether oxygens (including phenoxy) is 2. The van der Waals surface area contributed by atoms with E-state index < -0.39 is 15.8 Å². The number of hydrogen-bond acceptors (Lipinski definition) is 5. The molecule has 3 rings (SSSR count). The van der Waals surface area contributed by atoms with Crippen LogP contribution in [0.25, 0.3) is 0 Å². The summed E-state index contributed by atoms with van der Waals surface area (Å²) in [5.74, 6) is -0.0724. The van der Waals surface area contributed by atoms with E-state index >= 15 is 0 Å². The lowest BCUT2D eigenvalue weighted by Crippen LogP contribution is -2.35. The third-order valence-corrected chi connectivity index (χ3v) is 6.77. The van der Waals surface area contributed by atoms with Crippen LogP contribution in [0.15, 0.2) is 47.4 Å². The second-order valence-electron chi connectivity index (χ2n) is 7.16. The molecule has 1 amide bonds. The maximum atomic E-state index is 13.2. The van der Waals surface area contributed by atoms with Gasteiger partial charge in [-0.05, 0) is 50.1 Å². The van der Waals surface area contributed by atoms with Gasteiger partial charge in [0.15, 0.2) is 0 Å². The number of nitrogens with one attached hydrogen (secondary N) is 1. The van der Waals surface area contributed by atoms with Crippen LogP contribution in [0.2, 0.25) is 0 Å². The highest BCUT2D eigenvalue weighted by atomic mass is 32.2. The molecule has 1 fully saturated rings. The minimum absolute atomic E-state index is 0.00514. The first-order valence-corrected chi connectivity index (χ1v) is 11.8. The lowest BCUT2D eigenvalue weighted by atomic mass is 10.2. The van der Waals surface area contributed by atoms with Crippen molar-refractivity contribution < 1.29 is 27.1 Å². The number of carbonyl (C=O) groups excluding carboxylic acids is 1. The second-order valence-corrected chi connectivity index (χ2v) is 9.10. The van der Waals surface area contributed by atoms with Crippen LogP contribution in [0.5, 0.6) is 11.5 Å². The average Bonchev–Trinajstić information content (AvgIpc) is 2.76. The van der Waals surface area contributed by atoms with Crippen molar-refractivity contribution in [2.75, 3.05) is 31.6 Å². The van der Waals surface area contributed by atoms with Gasteiger partial charge in [0.25, 0.3) is 0 Å². The number of amides is 1. The average molecular weight is 451 g/mol. The third-order valence-electron chi connectivity index (χ3n) is 4.87. The minimum Gasteiger partial charge on any atom is -0.493 e. The Morgan fingerprint density at radius 1 is 1.10 bits per heavy atom. The Bertz CT molecular complexity index is 1010. The monoisotopic (exact) mass is 450 g/mol. The molecule has 7 nitrogen and oxygen atoms in total. The standard InChI is InChI=1S/C22H27FN2O5S/c1-2-29-21-10-9-19(31(27,28)25-12-4-3-5-13-25)16-20(21)24-22(26)11-14-30-18-8-6-7-17(23)15-18/h6-10,15-16H,2-5,11-14H2,1H3,(H,24,26). The fourth-order valence-corrected chi connectivity index (χ4v) is 4.88. The molecule has 1 aliphatic heterocycles. The minimum atomic E-state index is -3.64. The number of hydrogen-bond donors (Lipinski definition) is 1. The summed E-state index contributed by atoms with van der Waals surface area (Å²) in [6.07, 6.45) is 2.70. The fourth-order valence-electron chi connectivity index (χ4n) is 3.33. The molecule has 168 valence electrons. The van der Waals surface area contributed by atoms with Crippen molar-refractivity contribution in [3.05, 3.63) is 48.3 Å². The summed E-state index contributed by atoms with van der Waals surface area (Å²) in [6.45, 7) is 3.20. The Morgan fingerprint density at radius 3 is 2.58 bits per heavy atom. The molecule has 0 spiro atoms. The first-order valence-electron chi connectivity index (χ1n) is 10.4. The Labute approximate surface area is 182 Å². The summed E-state index contributed by atoms with van der Waals surface area (Å²) in [6, 6.07) is 10.1. The van der Waals surface area contributed by atoms with Crippen LogP contribution in [0.3, 0.4) is 0 Å². The number of nitrogens with zero attached hydrogens (tertiary/aromatic N) is 1. The Balaban J connectivity index is 1.69. The topological polar surface area (TPSA) is 84.9 Å². The van der Waals surface area contributed by atoms with Crippen molar-refractivity contribution in [2.24, 2.45) is 0 Å². The van der Waals surface area contributed by atoms with Crippen LogP contribution in [-0.4, -0.2) is 44.9 Å². The van der Waals surface area contributed by atoms with E-state index in [0.29, 0.717) is 31.2 Å². The van der Waals surface area contributed by atoms with Gasteiger partial charge in [0.1, 0.15) is 17.3 Å². The van der Waals surface area contributed by atoms with Crippen molar-refractivity contribution >= 4 is 21.6 Å². The van der Waals surface area contributed by atoms with Crippen LogP contribution in [0, 0.1) is 5.82 Å². The maximum Gasteiger partial charge on any atom is 0.243 e. The summed E-state index contributed by atoms with van der Waals surface area (Å²) < 4.78 is 51.6. The molecule has 1 N–H and O–H groups in total. The Hall–Kier alpha value is -2.65. The molecule has 1 saturated heterocycles. The molecule has 0 aromatic heterocycles. The van der Waals surface area contributed by atoms with Gasteiger partial charge in [-0.25, -0.2) is 12.8 Å². The molecular formula is C22H27FN2O5S. The zero-order valence-corrected chi connectivity index (χ0v) is 18.3. The molecule has 1 aliphatic rings. The Kier molecular flexibility index (Phi) is 7.86. The Morgan fingerprint density at radius 2 is 1.87 bits per heavy atom. The molecule has 9 heteroatoms. The van der Waals surface area contributed by atoms with E-state index in [2.05, 4.69) is 5.32 Å². The van der Waals surface area contributed by atoms with Gasteiger partial charge in [-0.3, -0.25) is 4.79 Å². The normalized spacial score (nSPS) is 14.8. The SMILES string of the molecule is CCOc1ccc(S(=O)(=O)N2CCCCC2)cc1NC(=O)CCOc1cccc(F)c1. The predicted octanol–water partition coefficient (Wildman–Crippen LogP) is 3.81. The molecule has 2 aromatic carbocycles. The molecule has 0 bridgehead atoms. The first-order chi connectivity index (χ1) is 14.9. The van der Waals surface area contributed by atoms with Crippen LogP contribution in [0.4, 0.5) is 10.1 Å². The molecule has 0 saturated carbocycles. The van der Waals surface area contributed by atoms with Gasteiger partial charge >= 0.3 is 0 Å². The quantitative estimate of drug-likeness (QED) is 0.628. The van der Waals surface area contributed by atoms with Crippen molar-refractivity contribution in [2.45, 2.75) is 37.5 Å². The molecule has 31 heavy (non-hydrogen) atoms. The molecule has 1 heterocycles. The zero-order chi connectivity index (χ0) is 22.3. The van der Waals surface area contributed by atoms with Gasteiger partial charge < -0.3 is 14.8 Å².